The van der Waals surface area contributed by atoms with Gasteiger partial charge >= 0.3 is 0 Å². The van der Waals surface area contributed by atoms with Crippen LogP contribution in [-0.4, -0.2) is 18.8 Å². The summed E-state index contributed by atoms with van der Waals surface area (Å²) in [6.07, 6.45) is 2.22. The third-order valence-electron chi connectivity index (χ3n) is 1.47. The summed E-state index contributed by atoms with van der Waals surface area (Å²) in [4.78, 5) is 0. The van der Waals surface area contributed by atoms with Crippen molar-refractivity contribution < 1.29 is 4.74 Å². The van der Waals surface area contributed by atoms with Gasteiger partial charge in [-0.3, -0.25) is 0 Å². The zero-order chi connectivity index (χ0) is 6.04. The van der Waals surface area contributed by atoms with E-state index < -0.39 is 0 Å². The van der Waals surface area contributed by atoms with Crippen LogP contribution in [0.5, 0.6) is 0 Å². The molecule has 48 valence electrons. The van der Waals surface area contributed by atoms with Crippen molar-refractivity contribution in [3.63, 3.8) is 0 Å². The molecule has 0 unspecified atom stereocenters. The molecule has 1 saturated heterocycles. The van der Waals surface area contributed by atoms with E-state index in [0.29, 0.717) is 0 Å². The lowest BCUT2D eigenvalue weighted by Gasteiger charge is -2.28. The van der Waals surface area contributed by atoms with Crippen molar-refractivity contribution >= 4 is 0 Å². The molecular formula is C6H13NO. The van der Waals surface area contributed by atoms with Gasteiger partial charge in [0.05, 0.1) is 6.61 Å². The summed E-state index contributed by atoms with van der Waals surface area (Å²) in [5.41, 5.74) is 5.71. The van der Waals surface area contributed by atoms with Crippen LogP contribution >= 0.6 is 0 Å². The maximum absolute atomic E-state index is 5.75. The number of rotatable bonds is 0. The summed E-state index contributed by atoms with van der Waals surface area (Å²) in [7, 11) is 0. The van der Waals surface area contributed by atoms with Gasteiger partial charge in [0.1, 0.15) is 0 Å². The predicted molar refractivity (Wildman–Crippen MR) is 32.6 cm³/mol. The zero-order valence-corrected chi connectivity index (χ0v) is 5.31. The second kappa shape index (κ2) is 2.03. The van der Waals surface area contributed by atoms with Crippen molar-refractivity contribution in [3.8, 4) is 0 Å². The average molecular weight is 115 g/mol. The fourth-order valence-corrected chi connectivity index (χ4v) is 0.956. The van der Waals surface area contributed by atoms with Gasteiger partial charge in [-0.25, -0.2) is 0 Å². The van der Waals surface area contributed by atoms with Crippen molar-refractivity contribution in [3.05, 3.63) is 0 Å². The molecule has 2 heteroatoms. The van der Waals surface area contributed by atoms with E-state index in [2.05, 4.69) is 0 Å². The highest BCUT2D eigenvalue weighted by atomic mass is 16.5. The van der Waals surface area contributed by atoms with E-state index in [1.807, 2.05) is 6.92 Å². The van der Waals surface area contributed by atoms with Crippen molar-refractivity contribution in [1.82, 2.24) is 0 Å². The minimum absolute atomic E-state index is 0.0434. The van der Waals surface area contributed by atoms with Gasteiger partial charge in [-0.15, -0.1) is 0 Å². The van der Waals surface area contributed by atoms with Crippen LogP contribution in [0.4, 0.5) is 0 Å². The fraction of sp³-hybridized carbons (Fsp3) is 1.00. The molecule has 0 bridgehead atoms. The first-order valence-electron chi connectivity index (χ1n) is 3.07. The highest BCUT2D eigenvalue weighted by Gasteiger charge is 2.21. The molecule has 0 aromatic rings. The molecule has 0 saturated carbocycles. The minimum Gasteiger partial charge on any atom is -0.380 e. The molecule has 0 aliphatic carbocycles. The van der Waals surface area contributed by atoms with Gasteiger partial charge in [0.25, 0.3) is 0 Å². The molecule has 0 radical (unpaired) electrons. The maximum Gasteiger partial charge on any atom is 0.0643 e. The summed E-state index contributed by atoms with van der Waals surface area (Å²) in [6, 6.07) is 0. The maximum atomic E-state index is 5.75. The van der Waals surface area contributed by atoms with Crippen LogP contribution in [0.25, 0.3) is 0 Å². The van der Waals surface area contributed by atoms with Crippen LogP contribution in [0.3, 0.4) is 0 Å². The molecule has 2 nitrogen and oxygen atoms in total. The van der Waals surface area contributed by atoms with E-state index in [-0.39, 0.29) is 5.54 Å². The van der Waals surface area contributed by atoms with Crippen molar-refractivity contribution in [2.24, 2.45) is 5.73 Å². The van der Waals surface area contributed by atoms with Crippen LogP contribution in [0, 0.1) is 0 Å². The van der Waals surface area contributed by atoms with Gasteiger partial charge in [-0.05, 0) is 19.8 Å². The molecule has 0 aromatic heterocycles. The molecule has 0 amide bonds. The van der Waals surface area contributed by atoms with Gasteiger partial charge in [0.2, 0.25) is 0 Å². The Labute approximate surface area is 50.0 Å². The summed E-state index contributed by atoms with van der Waals surface area (Å²) in [5, 5.41) is 0. The summed E-state index contributed by atoms with van der Waals surface area (Å²) >= 11 is 0. The van der Waals surface area contributed by atoms with E-state index >= 15 is 0 Å². The summed E-state index contributed by atoms with van der Waals surface area (Å²) < 4.78 is 5.16. The van der Waals surface area contributed by atoms with E-state index in [1.54, 1.807) is 0 Å². The number of hydrogen-bond donors (Lipinski definition) is 1. The molecule has 1 rings (SSSR count). The van der Waals surface area contributed by atoms with E-state index in [9.17, 15) is 0 Å². The van der Waals surface area contributed by atoms with E-state index in [1.165, 1.54) is 0 Å². The second-order valence-corrected chi connectivity index (χ2v) is 2.81. The van der Waals surface area contributed by atoms with Gasteiger partial charge in [0, 0.05) is 12.1 Å². The Kier molecular flexibility index (Phi) is 1.54. The van der Waals surface area contributed by atoms with E-state index in [0.717, 1.165) is 26.1 Å². The van der Waals surface area contributed by atoms with Crippen molar-refractivity contribution in [2.75, 3.05) is 13.2 Å². The highest BCUT2D eigenvalue weighted by Crippen LogP contribution is 2.13. The molecule has 0 spiro atoms. The average Bonchev–Trinajstić information content (AvgIpc) is 1.65. The van der Waals surface area contributed by atoms with Gasteiger partial charge in [-0.1, -0.05) is 0 Å². The first kappa shape index (κ1) is 6.05. The van der Waals surface area contributed by atoms with Crippen LogP contribution < -0.4 is 5.73 Å². The monoisotopic (exact) mass is 115 g/mol. The van der Waals surface area contributed by atoms with E-state index in [4.69, 9.17) is 10.5 Å². The van der Waals surface area contributed by atoms with Gasteiger partial charge in [0.15, 0.2) is 0 Å². The third-order valence-corrected chi connectivity index (χ3v) is 1.47. The molecular weight excluding hydrogens is 102 g/mol. The predicted octanol–water partition coefficient (Wildman–Crippen LogP) is 0.514. The lowest BCUT2D eigenvalue weighted by molar-refractivity contribution is 0.0458. The summed E-state index contributed by atoms with van der Waals surface area (Å²) in [6.45, 7) is 3.66. The smallest absolute Gasteiger partial charge is 0.0643 e. The minimum atomic E-state index is -0.0434. The number of nitrogens with two attached hydrogens (primary N) is 1. The first-order chi connectivity index (χ1) is 3.71. The van der Waals surface area contributed by atoms with Gasteiger partial charge in [-0.2, -0.15) is 0 Å². The molecule has 1 aliphatic rings. The molecule has 1 fully saturated rings. The molecule has 0 aromatic carbocycles. The van der Waals surface area contributed by atoms with Crippen molar-refractivity contribution in [1.29, 1.82) is 0 Å². The normalized spacial score (nSPS) is 39.8. The lowest BCUT2D eigenvalue weighted by atomic mass is 9.97. The molecule has 2 N–H and O–H groups in total. The molecule has 1 aliphatic heterocycles. The molecule has 1 atom stereocenters. The SMILES string of the molecule is C[C@@]1(N)CCCOC1. The Bertz CT molecular complexity index is 72.6. The fourth-order valence-electron chi connectivity index (χ4n) is 0.956. The van der Waals surface area contributed by atoms with Gasteiger partial charge < -0.3 is 10.5 Å². The zero-order valence-electron chi connectivity index (χ0n) is 5.31. The molecule has 1 heterocycles. The lowest BCUT2D eigenvalue weighted by Crippen LogP contribution is -2.44. The quantitative estimate of drug-likeness (QED) is 0.499. The standard InChI is InChI=1S/C6H13NO/c1-6(7)3-2-4-8-5-6/h2-5,7H2,1H3/t6-/m1/s1. The van der Waals surface area contributed by atoms with Crippen LogP contribution in [0.2, 0.25) is 0 Å². The Morgan fingerprint density at radius 1 is 1.62 bits per heavy atom. The largest absolute Gasteiger partial charge is 0.380 e. The Morgan fingerprint density at radius 2 is 2.38 bits per heavy atom. The second-order valence-electron chi connectivity index (χ2n) is 2.81. The first-order valence-corrected chi connectivity index (χ1v) is 3.07. The Morgan fingerprint density at radius 3 is 2.62 bits per heavy atom. The summed E-state index contributed by atoms with van der Waals surface area (Å²) in [5.74, 6) is 0. The Hall–Kier alpha value is -0.0800. The topological polar surface area (TPSA) is 35.2 Å². The molecule has 8 heavy (non-hydrogen) atoms. The third kappa shape index (κ3) is 1.46. The van der Waals surface area contributed by atoms with Crippen LogP contribution in [0.1, 0.15) is 19.8 Å². The number of ether oxygens (including phenoxy) is 1. The van der Waals surface area contributed by atoms with Crippen LogP contribution in [0.15, 0.2) is 0 Å². The van der Waals surface area contributed by atoms with Crippen LogP contribution in [-0.2, 0) is 4.74 Å². The van der Waals surface area contributed by atoms with Crippen molar-refractivity contribution in [2.45, 2.75) is 25.3 Å². The highest BCUT2D eigenvalue weighted by molar-refractivity contribution is 4.80. The Balaban J connectivity index is 2.33. The number of hydrogen-bond acceptors (Lipinski definition) is 2.